The molecule has 0 bridgehead atoms. The van der Waals surface area contributed by atoms with Crippen LogP contribution in [0.1, 0.15) is 5.56 Å². The van der Waals surface area contributed by atoms with Crippen molar-refractivity contribution in [1.29, 1.82) is 0 Å². The summed E-state index contributed by atoms with van der Waals surface area (Å²) in [7, 11) is 1.66. The number of benzene rings is 1. The van der Waals surface area contributed by atoms with E-state index in [-0.39, 0.29) is 0 Å². The topological polar surface area (TPSA) is 35.2 Å². The molecule has 0 aliphatic heterocycles. The minimum atomic E-state index is 0.780. The van der Waals surface area contributed by atoms with Crippen LogP contribution in [-0.2, 0) is 0 Å². The summed E-state index contributed by atoms with van der Waals surface area (Å²) < 4.78 is 6.26. The molecule has 0 radical (unpaired) electrons. The van der Waals surface area contributed by atoms with Crippen LogP contribution in [0.3, 0.4) is 0 Å². The van der Waals surface area contributed by atoms with Crippen LogP contribution in [-0.4, -0.2) is 7.11 Å². The van der Waals surface area contributed by atoms with Crippen molar-refractivity contribution in [3.05, 3.63) is 21.3 Å². The van der Waals surface area contributed by atoms with Gasteiger partial charge in [0.2, 0.25) is 0 Å². The molecule has 0 amide bonds. The number of hydrogen-bond acceptors (Lipinski definition) is 2. The third kappa shape index (κ3) is 1.58. The van der Waals surface area contributed by atoms with Gasteiger partial charge in [-0.3, -0.25) is 0 Å². The lowest BCUT2D eigenvalue weighted by molar-refractivity contribution is 0.409. The van der Waals surface area contributed by atoms with E-state index in [1.165, 1.54) is 0 Å². The van der Waals surface area contributed by atoms with Crippen molar-refractivity contribution in [3.63, 3.8) is 0 Å². The molecule has 0 saturated carbocycles. The standard InChI is InChI=1S/C8H10INO/c1-5-7(10)4-3-6(9)8(5)11-2/h3-4H,10H2,1-2H3. The number of hydrogen-bond donors (Lipinski definition) is 1. The number of rotatable bonds is 1. The summed E-state index contributed by atoms with van der Waals surface area (Å²) >= 11 is 2.22. The van der Waals surface area contributed by atoms with E-state index in [0.29, 0.717) is 0 Å². The Balaban J connectivity index is 3.29. The molecule has 3 heteroatoms. The van der Waals surface area contributed by atoms with Gasteiger partial charge in [-0.15, -0.1) is 0 Å². The van der Waals surface area contributed by atoms with Gasteiger partial charge in [0.15, 0.2) is 0 Å². The molecule has 0 spiro atoms. The van der Waals surface area contributed by atoms with Crippen molar-refractivity contribution in [2.45, 2.75) is 6.92 Å². The molecule has 0 aliphatic rings. The normalized spacial score (nSPS) is 9.73. The molecule has 0 heterocycles. The fraction of sp³-hybridized carbons (Fsp3) is 0.250. The summed E-state index contributed by atoms with van der Waals surface area (Å²) in [5, 5.41) is 0. The molecule has 1 rings (SSSR count). The van der Waals surface area contributed by atoms with E-state index < -0.39 is 0 Å². The zero-order chi connectivity index (χ0) is 8.43. The van der Waals surface area contributed by atoms with E-state index in [9.17, 15) is 0 Å². The highest BCUT2D eigenvalue weighted by Gasteiger charge is 2.05. The first kappa shape index (κ1) is 8.64. The van der Waals surface area contributed by atoms with Crippen LogP contribution in [0.15, 0.2) is 12.1 Å². The number of methoxy groups -OCH3 is 1. The van der Waals surface area contributed by atoms with Crippen LogP contribution in [0, 0.1) is 10.5 Å². The Morgan fingerprint density at radius 1 is 1.45 bits per heavy atom. The quantitative estimate of drug-likeness (QED) is 0.622. The van der Waals surface area contributed by atoms with E-state index in [0.717, 1.165) is 20.6 Å². The van der Waals surface area contributed by atoms with Crippen LogP contribution < -0.4 is 10.5 Å². The second kappa shape index (κ2) is 3.30. The summed E-state index contributed by atoms with van der Waals surface area (Å²) in [6.45, 7) is 1.95. The van der Waals surface area contributed by atoms with Crippen molar-refractivity contribution in [2.75, 3.05) is 12.8 Å². The van der Waals surface area contributed by atoms with Crippen LogP contribution in [0.2, 0.25) is 0 Å². The van der Waals surface area contributed by atoms with Crippen molar-refractivity contribution in [1.82, 2.24) is 0 Å². The minimum absolute atomic E-state index is 0.780. The third-order valence-corrected chi connectivity index (χ3v) is 2.45. The predicted octanol–water partition coefficient (Wildman–Crippen LogP) is 2.19. The molecular weight excluding hydrogens is 253 g/mol. The van der Waals surface area contributed by atoms with Gasteiger partial charge in [0.05, 0.1) is 10.7 Å². The number of halogens is 1. The first-order valence-electron chi connectivity index (χ1n) is 3.25. The van der Waals surface area contributed by atoms with E-state index in [1.807, 2.05) is 19.1 Å². The van der Waals surface area contributed by atoms with Crippen molar-refractivity contribution < 1.29 is 4.74 Å². The molecule has 0 unspecified atom stereocenters. The van der Waals surface area contributed by atoms with E-state index in [4.69, 9.17) is 10.5 Å². The summed E-state index contributed by atoms with van der Waals surface area (Å²) in [5.41, 5.74) is 7.47. The lowest BCUT2D eigenvalue weighted by Crippen LogP contribution is -1.95. The van der Waals surface area contributed by atoms with Gasteiger partial charge in [0.1, 0.15) is 5.75 Å². The molecule has 60 valence electrons. The minimum Gasteiger partial charge on any atom is -0.495 e. The van der Waals surface area contributed by atoms with Gasteiger partial charge < -0.3 is 10.5 Å². The Hall–Kier alpha value is -0.450. The average molecular weight is 263 g/mol. The third-order valence-electron chi connectivity index (χ3n) is 1.60. The summed E-state index contributed by atoms with van der Waals surface area (Å²) in [4.78, 5) is 0. The lowest BCUT2D eigenvalue weighted by atomic mass is 10.2. The highest BCUT2D eigenvalue weighted by molar-refractivity contribution is 14.1. The van der Waals surface area contributed by atoms with E-state index >= 15 is 0 Å². The number of ether oxygens (including phenoxy) is 1. The molecule has 0 saturated heterocycles. The van der Waals surface area contributed by atoms with E-state index in [2.05, 4.69) is 22.6 Å². The second-order valence-electron chi connectivity index (χ2n) is 2.29. The summed E-state index contributed by atoms with van der Waals surface area (Å²) in [6, 6.07) is 3.83. The van der Waals surface area contributed by atoms with Gasteiger partial charge in [-0.05, 0) is 41.6 Å². The second-order valence-corrected chi connectivity index (χ2v) is 3.46. The van der Waals surface area contributed by atoms with Crippen molar-refractivity contribution in [3.8, 4) is 5.75 Å². The SMILES string of the molecule is COc1c(I)ccc(N)c1C. The molecular formula is C8H10INO. The van der Waals surface area contributed by atoms with Crippen molar-refractivity contribution >= 4 is 28.3 Å². The fourth-order valence-corrected chi connectivity index (χ4v) is 1.73. The maximum atomic E-state index is 5.68. The zero-order valence-electron chi connectivity index (χ0n) is 6.52. The monoisotopic (exact) mass is 263 g/mol. The van der Waals surface area contributed by atoms with Crippen LogP contribution in [0.4, 0.5) is 5.69 Å². The molecule has 1 aromatic rings. The largest absolute Gasteiger partial charge is 0.495 e. The van der Waals surface area contributed by atoms with Gasteiger partial charge in [0.25, 0.3) is 0 Å². The Morgan fingerprint density at radius 3 is 2.55 bits per heavy atom. The first-order chi connectivity index (χ1) is 5.16. The number of nitrogen functional groups attached to an aromatic ring is 1. The smallest absolute Gasteiger partial charge is 0.137 e. The molecule has 0 aliphatic carbocycles. The highest BCUT2D eigenvalue weighted by Crippen LogP contribution is 2.28. The summed E-state index contributed by atoms with van der Waals surface area (Å²) in [6.07, 6.45) is 0. The van der Waals surface area contributed by atoms with Crippen LogP contribution in [0.5, 0.6) is 5.75 Å². The fourth-order valence-electron chi connectivity index (χ4n) is 0.924. The highest BCUT2D eigenvalue weighted by atomic mass is 127. The Labute approximate surface area is 79.9 Å². The van der Waals surface area contributed by atoms with Gasteiger partial charge in [-0.25, -0.2) is 0 Å². The maximum absolute atomic E-state index is 5.68. The van der Waals surface area contributed by atoms with Gasteiger partial charge >= 0.3 is 0 Å². The summed E-state index contributed by atoms with van der Waals surface area (Å²) in [5.74, 6) is 0.880. The number of nitrogens with two attached hydrogens (primary N) is 1. The van der Waals surface area contributed by atoms with Gasteiger partial charge in [0, 0.05) is 11.3 Å². The molecule has 1 aromatic carbocycles. The lowest BCUT2D eigenvalue weighted by Gasteiger charge is -2.08. The van der Waals surface area contributed by atoms with Crippen LogP contribution in [0.25, 0.3) is 0 Å². The van der Waals surface area contributed by atoms with Gasteiger partial charge in [-0.1, -0.05) is 0 Å². The van der Waals surface area contributed by atoms with Gasteiger partial charge in [-0.2, -0.15) is 0 Å². The number of anilines is 1. The molecule has 0 atom stereocenters. The van der Waals surface area contributed by atoms with Crippen molar-refractivity contribution in [2.24, 2.45) is 0 Å². The molecule has 0 aromatic heterocycles. The Bertz CT molecular complexity index is 273. The molecule has 0 fully saturated rings. The Morgan fingerprint density at radius 2 is 2.09 bits per heavy atom. The molecule has 2 nitrogen and oxygen atoms in total. The molecule has 2 N–H and O–H groups in total. The predicted molar refractivity (Wildman–Crippen MR) is 54.9 cm³/mol. The maximum Gasteiger partial charge on any atom is 0.137 e. The zero-order valence-corrected chi connectivity index (χ0v) is 8.68. The average Bonchev–Trinajstić information content (AvgIpc) is 1.99. The van der Waals surface area contributed by atoms with E-state index in [1.54, 1.807) is 7.11 Å². The van der Waals surface area contributed by atoms with Crippen LogP contribution >= 0.6 is 22.6 Å². The first-order valence-corrected chi connectivity index (χ1v) is 4.33. The molecule has 11 heavy (non-hydrogen) atoms. The Kier molecular flexibility index (Phi) is 2.59.